The molecule has 3 nitrogen and oxygen atoms in total. The molecule has 15 heavy (non-hydrogen) atoms. The smallest absolute Gasteiger partial charge is 0.0698 e. The maximum atomic E-state index is 5.48. The van der Waals surface area contributed by atoms with Crippen molar-refractivity contribution in [3.8, 4) is 0 Å². The van der Waals surface area contributed by atoms with Crippen LogP contribution in [0.25, 0.3) is 0 Å². The van der Waals surface area contributed by atoms with Crippen molar-refractivity contribution in [2.45, 2.75) is 38.3 Å². The lowest BCUT2D eigenvalue weighted by Crippen LogP contribution is -2.52. The number of nitrogens with one attached hydrogen (secondary N) is 1. The lowest BCUT2D eigenvalue weighted by molar-refractivity contribution is 0.00680. The summed E-state index contributed by atoms with van der Waals surface area (Å²) in [6, 6.07) is 0.742. The van der Waals surface area contributed by atoms with Gasteiger partial charge in [-0.3, -0.25) is 4.90 Å². The van der Waals surface area contributed by atoms with Gasteiger partial charge in [0.25, 0.3) is 0 Å². The predicted molar refractivity (Wildman–Crippen MR) is 62.0 cm³/mol. The topological polar surface area (TPSA) is 24.5 Å². The monoisotopic (exact) mass is 212 g/mol. The summed E-state index contributed by atoms with van der Waals surface area (Å²) in [5, 5.41) is 3.53. The molecule has 88 valence electrons. The summed E-state index contributed by atoms with van der Waals surface area (Å²) in [5.74, 6) is 0.826. The van der Waals surface area contributed by atoms with Gasteiger partial charge in [-0.15, -0.1) is 0 Å². The molecule has 0 bridgehead atoms. The first-order valence-electron chi connectivity index (χ1n) is 6.27. The minimum atomic E-state index is 0.469. The van der Waals surface area contributed by atoms with Gasteiger partial charge in [0.05, 0.1) is 6.10 Å². The number of methoxy groups -OCH3 is 1. The molecule has 2 aliphatic rings. The molecule has 0 spiro atoms. The summed E-state index contributed by atoms with van der Waals surface area (Å²) in [6.07, 6.45) is 4.35. The predicted octanol–water partition coefficient (Wildman–Crippen LogP) is 1.10. The van der Waals surface area contributed by atoms with E-state index in [1.165, 1.54) is 38.9 Å². The van der Waals surface area contributed by atoms with E-state index in [4.69, 9.17) is 4.74 Å². The fraction of sp³-hybridized carbons (Fsp3) is 1.00. The van der Waals surface area contributed by atoms with Crippen molar-refractivity contribution in [3.05, 3.63) is 0 Å². The van der Waals surface area contributed by atoms with Crippen molar-refractivity contribution < 1.29 is 4.74 Å². The van der Waals surface area contributed by atoms with Crippen LogP contribution in [0.5, 0.6) is 0 Å². The van der Waals surface area contributed by atoms with E-state index in [9.17, 15) is 0 Å². The van der Waals surface area contributed by atoms with E-state index >= 15 is 0 Å². The Balaban J connectivity index is 1.86. The summed E-state index contributed by atoms with van der Waals surface area (Å²) >= 11 is 0. The van der Waals surface area contributed by atoms with Crippen LogP contribution in [0.1, 0.15) is 26.2 Å². The van der Waals surface area contributed by atoms with Gasteiger partial charge < -0.3 is 10.1 Å². The Hall–Kier alpha value is -0.120. The second kappa shape index (κ2) is 5.28. The van der Waals surface area contributed by atoms with Gasteiger partial charge in [-0.05, 0) is 38.3 Å². The third kappa shape index (κ3) is 2.92. The van der Waals surface area contributed by atoms with E-state index in [0.717, 1.165) is 18.5 Å². The quantitative estimate of drug-likeness (QED) is 0.742. The minimum absolute atomic E-state index is 0.469. The van der Waals surface area contributed by atoms with Crippen molar-refractivity contribution >= 4 is 0 Å². The number of rotatable bonds is 2. The zero-order chi connectivity index (χ0) is 10.7. The maximum Gasteiger partial charge on any atom is 0.0698 e. The molecular formula is C12H24N2O. The second-order valence-electron chi connectivity index (χ2n) is 5.15. The average Bonchev–Trinajstić information content (AvgIpc) is 2.29. The lowest BCUT2D eigenvalue weighted by Gasteiger charge is -2.41. The summed E-state index contributed by atoms with van der Waals surface area (Å²) in [6.45, 7) is 7.10. The molecule has 2 saturated heterocycles. The fourth-order valence-electron chi connectivity index (χ4n) is 2.90. The Morgan fingerprint density at radius 3 is 2.93 bits per heavy atom. The highest BCUT2D eigenvalue weighted by atomic mass is 16.5. The molecule has 2 fully saturated rings. The van der Waals surface area contributed by atoms with Crippen molar-refractivity contribution in [1.82, 2.24) is 10.2 Å². The second-order valence-corrected chi connectivity index (χ2v) is 5.15. The van der Waals surface area contributed by atoms with Crippen LogP contribution >= 0.6 is 0 Å². The molecule has 0 radical (unpaired) electrons. The molecule has 3 heteroatoms. The molecule has 1 N–H and O–H groups in total. The normalized spacial score (nSPS) is 39.2. The zero-order valence-corrected chi connectivity index (χ0v) is 10.0. The Kier molecular flexibility index (Phi) is 4.00. The number of ether oxygens (including phenoxy) is 1. The Bertz CT molecular complexity index is 198. The first-order valence-corrected chi connectivity index (χ1v) is 6.27. The average molecular weight is 212 g/mol. The van der Waals surface area contributed by atoms with Gasteiger partial charge >= 0.3 is 0 Å². The van der Waals surface area contributed by atoms with Gasteiger partial charge in [-0.2, -0.15) is 0 Å². The Morgan fingerprint density at radius 2 is 2.20 bits per heavy atom. The van der Waals surface area contributed by atoms with Crippen molar-refractivity contribution in [1.29, 1.82) is 0 Å². The molecule has 0 aliphatic carbocycles. The third-order valence-corrected chi connectivity index (χ3v) is 3.81. The first-order chi connectivity index (χ1) is 7.29. The molecule has 2 aliphatic heterocycles. The van der Waals surface area contributed by atoms with E-state index in [2.05, 4.69) is 17.1 Å². The van der Waals surface area contributed by atoms with Crippen LogP contribution in [0.2, 0.25) is 0 Å². The lowest BCUT2D eigenvalue weighted by atomic mass is 9.94. The van der Waals surface area contributed by atoms with Gasteiger partial charge in [-0.25, -0.2) is 0 Å². The fourth-order valence-corrected chi connectivity index (χ4v) is 2.90. The summed E-state index contributed by atoms with van der Waals surface area (Å²) in [4.78, 5) is 2.63. The zero-order valence-electron chi connectivity index (χ0n) is 10.0. The van der Waals surface area contributed by atoms with E-state index in [-0.39, 0.29) is 0 Å². The third-order valence-electron chi connectivity index (χ3n) is 3.81. The van der Waals surface area contributed by atoms with E-state index in [0.29, 0.717) is 6.10 Å². The van der Waals surface area contributed by atoms with Crippen LogP contribution in [0.15, 0.2) is 0 Å². The van der Waals surface area contributed by atoms with Crippen LogP contribution in [0.4, 0.5) is 0 Å². The SMILES string of the molecule is COC1CCCN(C2CNCC(C)C2)C1. The molecule has 3 atom stereocenters. The van der Waals surface area contributed by atoms with Gasteiger partial charge in [0.2, 0.25) is 0 Å². The molecule has 0 aromatic carbocycles. The number of hydrogen-bond donors (Lipinski definition) is 1. The van der Waals surface area contributed by atoms with Crippen molar-refractivity contribution in [2.24, 2.45) is 5.92 Å². The molecule has 0 amide bonds. The van der Waals surface area contributed by atoms with Crippen molar-refractivity contribution in [3.63, 3.8) is 0 Å². The van der Waals surface area contributed by atoms with Gasteiger partial charge in [0.15, 0.2) is 0 Å². The molecular weight excluding hydrogens is 188 g/mol. The van der Waals surface area contributed by atoms with Crippen LogP contribution in [-0.4, -0.2) is 50.3 Å². The highest BCUT2D eigenvalue weighted by Gasteiger charge is 2.28. The summed E-state index contributed by atoms with van der Waals surface area (Å²) in [5.41, 5.74) is 0. The molecule has 0 saturated carbocycles. The molecule has 2 heterocycles. The van der Waals surface area contributed by atoms with Gasteiger partial charge in [-0.1, -0.05) is 6.92 Å². The highest BCUT2D eigenvalue weighted by molar-refractivity contribution is 4.85. The minimum Gasteiger partial charge on any atom is -0.380 e. The summed E-state index contributed by atoms with van der Waals surface area (Å²) < 4.78 is 5.48. The number of nitrogens with zero attached hydrogens (tertiary/aromatic N) is 1. The van der Waals surface area contributed by atoms with Crippen molar-refractivity contribution in [2.75, 3.05) is 33.3 Å². The number of likely N-dealkylation sites (tertiary alicyclic amines) is 1. The van der Waals surface area contributed by atoms with Crippen LogP contribution in [0, 0.1) is 5.92 Å². The van der Waals surface area contributed by atoms with E-state index in [1.54, 1.807) is 0 Å². The van der Waals surface area contributed by atoms with Crippen LogP contribution in [-0.2, 0) is 4.74 Å². The first kappa shape index (κ1) is 11.4. The van der Waals surface area contributed by atoms with E-state index in [1.807, 2.05) is 7.11 Å². The van der Waals surface area contributed by atoms with Crippen LogP contribution in [0.3, 0.4) is 0 Å². The molecule has 0 aromatic rings. The molecule has 0 aromatic heterocycles. The van der Waals surface area contributed by atoms with Gasteiger partial charge in [0, 0.05) is 26.2 Å². The molecule has 3 unspecified atom stereocenters. The van der Waals surface area contributed by atoms with Gasteiger partial charge in [0.1, 0.15) is 0 Å². The Labute approximate surface area is 93.2 Å². The largest absolute Gasteiger partial charge is 0.380 e. The summed E-state index contributed by atoms with van der Waals surface area (Å²) in [7, 11) is 1.84. The molecule has 2 rings (SSSR count). The standard InChI is InChI=1S/C12H24N2O/c1-10-6-11(8-13-7-10)14-5-3-4-12(9-14)15-2/h10-13H,3-9H2,1-2H3. The number of hydrogen-bond acceptors (Lipinski definition) is 3. The number of piperidine rings is 2. The Morgan fingerprint density at radius 1 is 1.33 bits per heavy atom. The van der Waals surface area contributed by atoms with E-state index < -0.39 is 0 Å². The maximum absolute atomic E-state index is 5.48. The highest BCUT2D eigenvalue weighted by Crippen LogP contribution is 2.20. The van der Waals surface area contributed by atoms with Crippen LogP contribution < -0.4 is 5.32 Å².